The normalized spacial score (nSPS) is 18.6. The molecule has 12 nitrogen and oxygen atoms in total. The number of carbonyl (C=O) groups is 1. The maximum Gasteiger partial charge on any atom is 0.501 e. The molecule has 1 fully saturated rings. The van der Waals surface area contributed by atoms with E-state index in [0.717, 1.165) is 22.7 Å². The van der Waals surface area contributed by atoms with Crippen molar-refractivity contribution in [2.24, 2.45) is 4.99 Å². The summed E-state index contributed by atoms with van der Waals surface area (Å²) in [5.41, 5.74) is -5.39. The number of amides is 1. The minimum atomic E-state index is -6.07. The minimum Gasteiger partial charge on any atom is -0.489 e. The predicted molar refractivity (Wildman–Crippen MR) is 189 cm³/mol. The van der Waals surface area contributed by atoms with Crippen molar-refractivity contribution in [1.29, 1.82) is 0 Å². The molecule has 0 saturated carbocycles. The van der Waals surface area contributed by atoms with Gasteiger partial charge < -0.3 is 25.0 Å². The highest BCUT2D eigenvalue weighted by Crippen LogP contribution is 2.38. The number of sulfone groups is 2. The lowest BCUT2D eigenvalue weighted by Gasteiger charge is -2.38. The Hall–Kier alpha value is -3.84. The summed E-state index contributed by atoms with van der Waals surface area (Å²) >= 11 is 1.44. The molecule has 0 aliphatic carbocycles. The summed E-state index contributed by atoms with van der Waals surface area (Å²) in [6.07, 6.45) is 2.22. The number of hydrogen-bond acceptors (Lipinski definition) is 12. The zero-order valence-corrected chi connectivity index (χ0v) is 29.7. The summed E-state index contributed by atoms with van der Waals surface area (Å²) in [6, 6.07) is 15.6. The van der Waals surface area contributed by atoms with E-state index in [-0.39, 0.29) is 11.7 Å². The number of hydrogen-bond donors (Lipinski definition) is 2. The van der Waals surface area contributed by atoms with E-state index in [9.17, 15) is 34.8 Å². The maximum absolute atomic E-state index is 14.0. The Balaban J connectivity index is 1.26. The van der Waals surface area contributed by atoms with Gasteiger partial charge >= 0.3 is 10.7 Å². The van der Waals surface area contributed by atoms with Crippen molar-refractivity contribution < 1.29 is 44.3 Å². The number of nitrogens with zero attached hydrogens (tertiary/aromatic N) is 3. The summed E-state index contributed by atoms with van der Waals surface area (Å²) in [6.45, 7) is 4.53. The van der Waals surface area contributed by atoms with E-state index >= 15 is 0 Å². The van der Waals surface area contributed by atoms with E-state index in [1.807, 2.05) is 30.3 Å². The fraction of sp³-hybridized carbons (Fsp3) is 0.394. The molecule has 1 unspecified atom stereocenters. The van der Waals surface area contributed by atoms with Crippen LogP contribution in [0.4, 0.5) is 35.0 Å². The number of anilines is 3. The Morgan fingerprint density at radius 1 is 1.00 bits per heavy atom. The van der Waals surface area contributed by atoms with Gasteiger partial charge in [0.2, 0.25) is 0 Å². The molecule has 2 atom stereocenters. The first-order chi connectivity index (χ1) is 24.3. The molecule has 3 aromatic rings. The third kappa shape index (κ3) is 8.46. The van der Waals surface area contributed by atoms with Gasteiger partial charge in [-0.1, -0.05) is 18.2 Å². The first-order valence-electron chi connectivity index (χ1n) is 16.1. The number of thioether (sulfide) groups is 1. The van der Waals surface area contributed by atoms with Crippen LogP contribution in [0.15, 0.2) is 86.4 Å². The number of fused-ring (bicyclic) bond motifs is 3. The quantitative estimate of drug-likeness (QED) is 0.256. The molecule has 0 radical (unpaired) electrons. The molecule has 6 rings (SSSR count). The second-order valence-electron chi connectivity index (χ2n) is 12.0. The van der Waals surface area contributed by atoms with Crippen LogP contribution in [-0.4, -0.2) is 109 Å². The Morgan fingerprint density at radius 2 is 1.76 bits per heavy atom. The highest BCUT2D eigenvalue weighted by Gasteiger charge is 2.48. The van der Waals surface area contributed by atoms with Gasteiger partial charge in [-0.3, -0.25) is 14.7 Å². The standard InChI is InChI=1S/C33H36F3N5O7S3/c34-33(35,36)51(45,46)31-19-27(50(43,44)32(42)39-23-6-9-29-30(18-23)48-21-25-20-37-11-13-41(25)29)7-8-28(31)38-24(10-12-40-14-16-47-17-15-40)22-49-26-4-2-1-3-5-26/h1-9,18-20,24-25,38H,10-17,21-22H2,(H,39,42)/t24-,25?/m1/s1. The van der Waals surface area contributed by atoms with E-state index < -0.39 is 51.9 Å². The number of carbonyl (C=O) groups excluding carboxylic acids is 1. The van der Waals surface area contributed by atoms with Gasteiger partial charge in [0.15, 0.2) is 0 Å². The van der Waals surface area contributed by atoms with Crippen molar-refractivity contribution in [3.05, 3.63) is 66.7 Å². The minimum absolute atomic E-state index is 0.0608. The highest BCUT2D eigenvalue weighted by atomic mass is 32.2. The molecular formula is C33H36F3N5O7S3. The van der Waals surface area contributed by atoms with Gasteiger partial charge in [-0.05, 0) is 48.9 Å². The van der Waals surface area contributed by atoms with E-state index in [2.05, 4.69) is 25.4 Å². The lowest BCUT2D eigenvalue weighted by atomic mass is 10.1. The molecule has 3 aliphatic heterocycles. The van der Waals surface area contributed by atoms with Crippen LogP contribution in [0.3, 0.4) is 0 Å². The Kier molecular flexibility index (Phi) is 11.2. The molecule has 3 heterocycles. The number of morpholine rings is 1. The van der Waals surface area contributed by atoms with Crippen LogP contribution in [0.1, 0.15) is 6.42 Å². The Labute approximate surface area is 298 Å². The van der Waals surface area contributed by atoms with Crippen molar-refractivity contribution in [1.82, 2.24) is 4.90 Å². The van der Waals surface area contributed by atoms with Gasteiger partial charge in [0.1, 0.15) is 17.3 Å². The van der Waals surface area contributed by atoms with Crippen LogP contribution < -0.4 is 20.3 Å². The van der Waals surface area contributed by atoms with Crippen LogP contribution in [0.5, 0.6) is 5.75 Å². The number of halogens is 3. The van der Waals surface area contributed by atoms with Gasteiger partial charge in [-0.2, -0.15) is 13.2 Å². The molecule has 0 bridgehead atoms. The number of benzene rings is 3. The van der Waals surface area contributed by atoms with Crippen LogP contribution in [0, 0.1) is 0 Å². The summed E-state index contributed by atoms with van der Waals surface area (Å²) in [4.78, 5) is 20.3. The Bertz CT molecular complexity index is 1980. The van der Waals surface area contributed by atoms with Crippen molar-refractivity contribution in [2.45, 2.75) is 38.7 Å². The third-order valence-electron chi connectivity index (χ3n) is 8.63. The summed E-state index contributed by atoms with van der Waals surface area (Å²) in [5.74, 6) is 0.762. The monoisotopic (exact) mass is 767 g/mol. The van der Waals surface area contributed by atoms with E-state index in [0.29, 0.717) is 76.5 Å². The Morgan fingerprint density at radius 3 is 2.51 bits per heavy atom. The molecule has 2 N–H and O–H groups in total. The second kappa shape index (κ2) is 15.4. The molecule has 1 amide bonds. The highest BCUT2D eigenvalue weighted by molar-refractivity contribution is 8.06. The molecule has 3 aromatic carbocycles. The summed E-state index contributed by atoms with van der Waals surface area (Å²) in [5, 5.41) is 3.66. The fourth-order valence-electron chi connectivity index (χ4n) is 5.88. The average Bonchev–Trinajstić information content (AvgIpc) is 3.13. The second-order valence-corrected chi connectivity index (χ2v) is 16.9. The fourth-order valence-corrected chi connectivity index (χ4v) is 8.88. The molecule has 51 heavy (non-hydrogen) atoms. The number of ether oxygens (including phenoxy) is 2. The molecule has 1 saturated heterocycles. The lowest BCUT2D eigenvalue weighted by Crippen LogP contribution is -2.47. The summed E-state index contributed by atoms with van der Waals surface area (Å²) in [7, 11) is -11.1. The largest absolute Gasteiger partial charge is 0.501 e. The topological polar surface area (TPSA) is 147 Å². The van der Waals surface area contributed by atoms with Crippen molar-refractivity contribution in [3.8, 4) is 5.75 Å². The van der Waals surface area contributed by atoms with Crippen LogP contribution >= 0.6 is 11.8 Å². The predicted octanol–water partition coefficient (Wildman–Crippen LogP) is 4.93. The smallest absolute Gasteiger partial charge is 0.489 e. The molecule has 274 valence electrons. The lowest BCUT2D eigenvalue weighted by molar-refractivity contribution is -0.0435. The van der Waals surface area contributed by atoms with Crippen LogP contribution in [0.2, 0.25) is 0 Å². The van der Waals surface area contributed by atoms with Crippen molar-refractivity contribution >= 4 is 60.0 Å². The van der Waals surface area contributed by atoms with E-state index in [4.69, 9.17) is 9.47 Å². The van der Waals surface area contributed by atoms with E-state index in [1.54, 1.807) is 12.3 Å². The van der Waals surface area contributed by atoms with Crippen molar-refractivity contribution in [2.75, 3.05) is 73.8 Å². The average molecular weight is 768 g/mol. The molecular weight excluding hydrogens is 732 g/mol. The first-order valence-corrected chi connectivity index (χ1v) is 20.1. The number of nitrogens with one attached hydrogen (secondary N) is 2. The first kappa shape index (κ1) is 36.9. The molecule has 0 aromatic heterocycles. The van der Waals surface area contributed by atoms with Crippen molar-refractivity contribution in [3.63, 3.8) is 0 Å². The zero-order valence-electron chi connectivity index (χ0n) is 27.2. The van der Waals surface area contributed by atoms with Gasteiger partial charge in [0.05, 0.1) is 42.1 Å². The third-order valence-corrected chi connectivity index (χ3v) is 12.8. The summed E-state index contributed by atoms with van der Waals surface area (Å²) < 4.78 is 106. The molecule has 18 heteroatoms. The maximum atomic E-state index is 14.0. The van der Waals surface area contributed by atoms with Gasteiger partial charge in [-0.15, -0.1) is 11.8 Å². The van der Waals surface area contributed by atoms with Gasteiger partial charge in [-0.25, -0.2) is 16.8 Å². The number of alkyl halides is 3. The van der Waals surface area contributed by atoms with Gasteiger partial charge in [0, 0.05) is 60.8 Å². The van der Waals surface area contributed by atoms with Crippen LogP contribution in [0.25, 0.3) is 0 Å². The molecule has 3 aliphatic rings. The van der Waals surface area contributed by atoms with E-state index in [1.165, 1.54) is 23.9 Å². The molecule has 0 spiro atoms. The zero-order chi connectivity index (χ0) is 36.2. The van der Waals surface area contributed by atoms with Gasteiger partial charge in [0.25, 0.3) is 19.7 Å². The number of aliphatic imine (C=N–C) groups is 1. The van der Waals surface area contributed by atoms with Crippen LogP contribution in [-0.2, 0) is 24.4 Å². The number of rotatable bonds is 11. The SMILES string of the molecule is O=C(Nc1ccc2c(c1)OCC1C=NCCN21)S(=O)(=O)c1ccc(N[C@H](CCN2CCOCC2)CSc2ccccc2)c(S(=O)(=O)C(F)(F)F)c1.